The van der Waals surface area contributed by atoms with Crippen molar-refractivity contribution in [2.45, 2.75) is 37.7 Å². The van der Waals surface area contributed by atoms with Gasteiger partial charge in [-0.2, -0.15) is 0 Å². The van der Waals surface area contributed by atoms with Crippen molar-refractivity contribution in [1.82, 2.24) is 0 Å². The molecule has 1 atom stereocenters. The van der Waals surface area contributed by atoms with Crippen LogP contribution in [0.15, 0.2) is 34.3 Å². The van der Waals surface area contributed by atoms with E-state index in [1.165, 1.54) is 4.90 Å². The summed E-state index contributed by atoms with van der Waals surface area (Å²) in [5, 5.41) is 12.9. The van der Waals surface area contributed by atoms with Gasteiger partial charge in [0, 0.05) is 37.4 Å². The van der Waals surface area contributed by atoms with E-state index < -0.39 is 0 Å². The molecule has 0 saturated carbocycles. The summed E-state index contributed by atoms with van der Waals surface area (Å²) >= 11 is 1.83. The van der Waals surface area contributed by atoms with Crippen LogP contribution in [0.3, 0.4) is 0 Å². The Hall–Kier alpha value is -1.04. The van der Waals surface area contributed by atoms with Crippen LogP contribution in [0, 0.1) is 0 Å². The van der Waals surface area contributed by atoms with Gasteiger partial charge in [-0.1, -0.05) is 17.3 Å². The van der Waals surface area contributed by atoms with Crippen LogP contribution in [0.1, 0.15) is 32.3 Å². The van der Waals surface area contributed by atoms with Gasteiger partial charge in [0.1, 0.15) is 6.10 Å². The number of oxime groups is 1. The van der Waals surface area contributed by atoms with Gasteiger partial charge in [0.05, 0.1) is 5.71 Å². The van der Waals surface area contributed by atoms with Crippen molar-refractivity contribution in [2.75, 3.05) is 26.1 Å². The van der Waals surface area contributed by atoms with E-state index >= 15 is 0 Å². The van der Waals surface area contributed by atoms with Gasteiger partial charge >= 0.3 is 0 Å². The van der Waals surface area contributed by atoms with E-state index in [1.54, 1.807) is 7.11 Å². The molecular weight excluding hydrogens is 286 g/mol. The first-order valence-electron chi connectivity index (χ1n) is 7.20. The van der Waals surface area contributed by atoms with Gasteiger partial charge in [0.15, 0.2) is 0 Å². The molecule has 0 heterocycles. The maximum Gasteiger partial charge on any atom is 0.127 e. The van der Waals surface area contributed by atoms with Gasteiger partial charge < -0.3 is 14.7 Å². The third kappa shape index (κ3) is 7.50. The van der Waals surface area contributed by atoms with Crippen molar-refractivity contribution < 1.29 is 14.7 Å². The lowest BCUT2D eigenvalue weighted by Gasteiger charge is -2.09. The minimum absolute atomic E-state index is 0.0689. The molecule has 21 heavy (non-hydrogen) atoms. The molecule has 1 N–H and O–H groups in total. The van der Waals surface area contributed by atoms with Crippen molar-refractivity contribution in [3.05, 3.63) is 29.8 Å². The average Bonchev–Trinajstić information content (AvgIpc) is 2.50. The predicted molar refractivity (Wildman–Crippen MR) is 88.1 cm³/mol. The number of ether oxygens (including phenoxy) is 1. The topological polar surface area (TPSA) is 51.0 Å². The summed E-state index contributed by atoms with van der Waals surface area (Å²) in [5.41, 5.74) is 1.89. The second kappa shape index (κ2) is 10.7. The van der Waals surface area contributed by atoms with Crippen molar-refractivity contribution in [3.8, 4) is 0 Å². The molecule has 0 fully saturated rings. The van der Waals surface area contributed by atoms with Crippen LogP contribution < -0.4 is 0 Å². The minimum Gasteiger partial charge on any atom is -0.396 e. The first kappa shape index (κ1) is 18.0. The third-order valence-corrected chi connectivity index (χ3v) is 4.04. The molecule has 0 radical (unpaired) electrons. The highest BCUT2D eigenvalue weighted by Crippen LogP contribution is 2.19. The molecule has 1 aromatic carbocycles. The monoisotopic (exact) mass is 311 g/mol. The summed E-state index contributed by atoms with van der Waals surface area (Å²) in [4.78, 5) is 6.58. The number of aliphatic hydroxyl groups excluding tert-OH is 1. The van der Waals surface area contributed by atoms with Crippen molar-refractivity contribution >= 4 is 17.5 Å². The zero-order valence-electron chi connectivity index (χ0n) is 13.0. The Kier molecular flexibility index (Phi) is 9.14. The van der Waals surface area contributed by atoms with Gasteiger partial charge in [-0.25, -0.2) is 0 Å². The van der Waals surface area contributed by atoms with Crippen LogP contribution in [0.2, 0.25) is 0 Å². The first-order chi connectivity index (χ1) is 10.2. The zero-order valence-corrected chi connectivity index (χ0v) is 13.9. The van der Waals surface area contributed by atoms with Crippen LogP contribution in [0.4, 0.5) is 0 Å². The van der Waals surface area contributed by atoms with Gasteiger partial charge in [-0.3, -0.25) is 0 Å². The Morgan fingerprint density at radius 3 is 2.67 bits per heavy atom. The average molecular weight is 311 g/mol. The molecule has 0 aliphatic rings. The van der Waals surface area contributed by atoms with Crippen molar-refractivity contribution in [3.63, 3.8) is 0 Å². The molecule has 118 valence electrons. The number of methoxy groups -OCH3 is 1. The summed E-state index contributed by atoms with van der Waals surface area (Å²) in [5.74, 6) is 1.06. The standard InChI is InChI=1S/C16H25NO3S/c1-13(9-10-18)20-17-14(2)15-5-7-16(8-6-15)21-12-4-11-19-3/h5-8,13,18H,4,9-12H2,1-3H3/b17-14+/t13-/m0/s1. The number of hydrogen-bond acceptors (Lipinski definition) is 5. The van der Waals surface area contributed by atoms with E-state index in [9.17, 15) is 0 Å². The quantitative estimate of drug-likeness (QED) is 0.312. The predicted octanol–water partition coefficient (Wildman–Crippen LogP) is 3.33. The molecule has 1 aromatic rings. The summed E-state index contributed by atoms with van der Waals surface area (Å²) in [7, 11) is 1.73. The van der Waals surface area contributed by atoms with Crippen LogP contribution in [-0.2, 0) is 9.57 Å². The highest BCUT2D eigenvalue weighted by molar-refractivity contribution is 7.99. The van der Waals surface area contributed by atoms with E-state index in [-0.39, 0.29) is 12.7 Å². The lowest BCUT2D eigenvalue weighted by atomic mass is 10.1. The lowest BCUT2D eigenvalue weighted by molar-refractivity contribution is 0.0531. The number of benzene rings is 1. The maximum absolute atomic E-state index is 8.82. The molecule has 1 rings (SSSR count). The Labute approximate surface area is 131 Å². The third-order valence-electron chi connectivity index (χ3n) is 2.94. The molecule has 5 heteroatoms. The molecule has 0 aliphatic heterocycles. The van der Waals surface area contributed by atoms with E-state index in [1.807, 2.05) is 25.6 Å². The Balaban J connectivity index is 2.46. The van der Waals surface area contributed by atoms with Gasteiger partial charge in [0.2, 0.25) is 0 Å². The molecule has 0 aliphatic carbocycles. The second-order valence-corrected chi connectivity index (χ2v) is 5.99. The molecule has 0 aromatic heterocycles. The normalized spacial score (nSPS) is 13.2. The van der Waals surface area contributed by atoms with Gasteiger partial charge in [-0.15, -0.1) is 11.8 Å². The fourth-order valence-corrected chi connectivity index (χ4v) is 2.47. The van der Waals surface area contributed by atoms with Crippen LogP contribution >= 0.6 is 11.8 Å². The Bertz CT molecular complexity index is 420. The fraction of sp³-hybridized carbons (Fsp3) is 0.562. The first-order valence-corrected chi connectivity index (χ1v) is 8.19. The number of thioether (sulfide) groups is 1. The Morgan fingerprint density at radius 2 is 2.05 bits per heavy atom. The van der Waals surface area contributed by atoms with Crippen LogP contribution in [-0.4, -0.2) is 43.0 Å². The van der Waals surface area contributed by atoms with E-state index in [0.717, 1.165) is 30.1 Å². The number of aliphatic hydroxyl groups is 1. The highest BCUT2D eigenvalue weighted by atomic mass is 32.2. The van der Waals surface area contributed by atoms with Crippen LogP contribution in [0.5, 0.6) is 0 Å². The summed E-state index contributed by atoms with van der Waals surface area (Å²) in [6.45, 7) is 4.74. The fourth-order valence-electron chi connectivity index (χ4n) is 1.64. The smallest absolute Gasteiger partial charge is 0.127 e. The number of rotatable bonds is 10. The Morgan fingerprint density at radius 1 is 1.33 bits per heavy atom. The van der Waals surface area contributed by atoms with Crippen molar-refractivity contribution in [1.29, 1.82) is 0 Å². The largest absolute Gasteiger partial charge is 0.396 e. The molecule has 0 saturated heterocycles. The SMILES string of the molecule is COCCCSc1ccc(/C(C)=N/O[C@@H](C)CCO)cc1. The summed E-state index contributed by atoms with van der Waals surface area (Å²) in [6.07, 6.45) is 1.58. The molecule has 0 amide bonds. The van der Waals surface area contributed by atoms with Crippen molar-refractivity contribution in [2.24, 2.45) is 5.16 Å². The highest BCUT2D eigenvalue weighted by Gasteiger charge is 2.03. The summed E-state index contributed by atoms with van der Waals surface area (Å²) < 4.78 is 5.04. The molecule has 0 unspecified atom stereocenters. The number of hydrogen-bond donors (Lipinski definition) is 1. The molecule has 0 bridgehead atoms. The zero-order chi connectivity index (χ0) is 15.5. The van der Waals surface area contributed by atoms with Gasteiger partial charge in [-0.05, 0) is 38.0 Å². The van der Waals surface area contributed by atoms with E-state index in [0.29, 0.717) is 6.42 Å². The second-order valence-electron chi connectivity index (χ2n) is 4.82. The van der Waals surface area contributed by atoms with Crippen LogP contribution in [0.25, 0.3) is 0 Å². The van der Waals surface area contributed by atoms with E-state index in [4.69, 9.17) is 14.7 Å². The molecule has 4 nitrogen and oxygen atoms in total. The van der Waals surface area contributed by atoms with E-state index in [2.05, 4.69) is 29.4 Å². The maximum atomic E-state index is 8.82. The summed E-state index contributed by atoms with van der Waals surface area (Å²) in [6, 6.07) is 8.31. The lowest BCUT2D eigenvalue weighted by Crippen LogP contribution is -2.08. The van der Waals surface area contributed by atoms with Gasteiger partial charge in [0.25, 0.3) is 0 Å². The molecule has 0 spiro atoms. The molecular formula is C16H25NO3S. The minimum atomic E-state index is -0.0689. The number of nitrogens with zero attached hydrogens (tertiary/aromatic N) is 1.